The molecule has 32 heavy (non-hydrogen) atoms. The normalized spacial score (nSPS) is 30.2. The first-order chi connectivity index (χ1) is 15.5. The van der Waals surface area contributed by atoms with Gasteiger partial charge in [-0.25, -0.2) is 4.98 Å². The summed E-state index contributed by atoms with van der Waals surface area (Å²) in [5, 5.41) is 6.30. The van der Waals surface area contributed by atoms with Crippen molar-refractivity contribution in [1.82, 2.24) is 20.6 Å². The zero-order chi connectivity index (χ0) is 22.3. The van der Waals surface area contributed by atoms with Gasteiger partial charge in [0, 0.05) is 18.4 Å². The molecule has 4 aliphatic carbocycles. The van der Waals surface area contributed by atoms with Gasteiger partial charge in [-0.1, -0.05) is 32.4 Å². The van der Waals surface area contributed by atoms with Gasteiger partial charge in [0.2, 0.25) is 11.8 Å². The summed E-state index contributed by atoms with van der Waals surface area (Å²) in [4.78, 5) is 34.0. The lowest BCUT2D eigenvalue weighted by Crippen LogP contribution is -2.53. The molecule has 3 N–H and O–H groups in total. The van der Waals surface area contributed by atoms with Crippen LogP contribution in [0.2, 0.25) is 0 Å². The molecule has 1 aromatic carbocycles. The van der Waals surface area contributed by atoms with Gasteiger partial charge in [-0.15, -0.1) is 0 Å². The van der Waals surface area contributed by atoms with E-state index < -0.39 is 0 Å². The van der Waals surface area contributed by atoms with Crippen molar-refractivity contribution in [3.8, 4) is 0 Å². The molecule has 4 fully saturated rings. The first-order valence-corrected chi connectivity index (χ1v) is 12.5. The van der Waals surface area contributed by atoms with Crippen molar-refractivity contribution in [2.24, 2.45) is 29.1 Å². The maximum absolute atomic E-state index is 13.1. The maximum Gasteiger partial charge on any atom is 0.226 e. The van der Waals surface area contributed by atoms with Gasteiger partial charge in [0.1, 0.15) is 5.82 Å². The summed E-state index contributed by atoms with van der Waals surface area (Å²) in [6.07, 6.45) is 8.38. The minimum Gasteiger partial charge on any atom is -0.355 e. The molecule has 1 heterocycles. The number of H-pyrrole nitrogens is 1. The third-order valence-electron chi connectivity index (χ3n) is 8.39. The van der Waals surface area contributed by atoms with E-state index in [-0.39, 0.29) is 29.2 Å². The number of aromatic amines is 1. The van der Waals surface area contributed by atoms with Crippen molar-refractivity contribution >= 4 is 22.8 Å². The van der Waals surface area contributed by atoms with Crippen LogP contribution in [0.1, 0.15) is 77.1 Å². The van der Waals surface area contributed by atoms with Crippen molar-refractivity contribution in [2.45, 2.75) is 71.3 Å². The molecule has 0 spiro atoms. The predicted octanol–water partition coefficient (Wildman–Crippen LogP) is 4.49. The van der Waals surface area contributed by atoms with E-state index in [1.54, 1.807) is 0 Å². The Balaban J connectivity index is 1.17. The Morgan fingerprint density at radius 1 is 1.12 bits per heavy atom. The summed E-state index contributed by atoms with van der Waals surface area (Å²) >= 11 is 0. The van der Waals surface area contributed by atoms with Crippen molar-refractivity contribution in [3.63, 3.8) is 0 Å². The molecule has 4 saturated carbocycles. The Morgan fingerprint density at radius 3 is 2.41 bits per heavy atom. The molecule has 6 rings (SSSR count). The van der Waals surface area contributed by atoms with E-state index in [9.17, 15) is 9.59 Å². The summed E-state index contributed by atoms with van der Waals surface area (Å²) < 4.78 is 0. The number of fused-ring (bicyclic) bond motifs is 1. The number of carbonyl (C=O) groups excluding carboxylic acids is 2. The molecular weight excluding hydrogens is 400 g/mol. The summed E-state index contributed by atoms with van der Waals surface area (Å²) in [6.45, 7) is 4.66. The van der Waals surface area contributed by atoms with Crippen LogP contribution >= 0.6 is 0 Å². The lowest BCUT2D eigenvalue weighted by Gasteiger charge is -2.55. The molecule has 2 amide bonds. The average molecular weight is 437 g/mol. The number of para-hydroxylation sites is 2. The van der Waals surface area contributed by atoms with Gasteiger partial charge in [-0.05, 0) is 74.3 Å². The van der Waals surface area contributed by atoms with E-state index >= 15 is 0 Å². The summed E-state index contributed by atoms with van der Waals surface area (Å²) in [5.74, 6) is 3.44. The quantitative estimate of drug-likeness (QED) is 0.570. The summed E-state index contributed by atoms with van der Waals surface area (Å²) in [6, 6.07) is 7.76. The highest BCUT2D eigenvalue weighted by Crippen LogP contribution is 2.60. The minimum atomic E-state index is -0.168. The summed E-state index contributed by atoms with van der Waals surface area (Å²) in [5.41, 5.74) is 1.74. The molecule has 0 unspecified atom stereocenters. The molecule has 0 saturated heterocycles. The van der Waals surface area contributed by atoms with Crippen LogP contribution in [0.25, 0.3) is 11.0 Å². The Kier molecular flexibility index (Phi) is 5.72. The molecule has 4 aliphatic rings. The zero-order valence-corrected chi connectivity index (χ0v) is 19.3. The van der Waals surface area contributed by atoms with Crippen molar-refractivity contribution in [3.05, 3.63) is 30.1 Å². The molecule has 0 radical (unpaired) electrons. The van der Waals surface area contributed by atoms with E-state index in [1.165, 1.54) is 19.3 Å². The number of amides is 2. The van der Waals surface area contributed by atoms with Crippen LogP contribution in [0.5, 0.6) is 0 Å². The predicted molar refractivity (Wildman–Crippen MR) is 125 cm³/mol. The zero-order valence-electron chi connectivity index (χ0n) is 19.3. The number of hydrogen-bond donors (Lipinski definition) is 3. The lowest BCUT2D eigenvalue weighted by atomic mass is 9.49. The second-order valence-electron chi connectivity index (χ2n) is 10.8. The molecule has 6 nitrogen and oxygen atoms in total. The Bertz CT molecular complexity index is 928. The highest BCUT2D eigenvalue weighted by molar-refractivity contribution is 5.84. The number of benzene rings is 1. The number of nitrogens with zero attached hydrogens (tertiary/aromatic N) is 1. The van der Waals surface area contributed by atoms with E-state index in [2.05, 4.69) is 29.5 Å². The molecule has 1 aromatic heterocycles. The van der Waals surface area contributed by atoms with Crippen LogP contribution in [0.15, 0.2) is 24.3 Å². The highest BCUT2D eigenvalue weighted by Gasteiger charge is 2.54. The van der Waals surface area contributed by atoms with Crippen LogP contribution in [-0.2, 0) is 9.59 Å². The molecule has 2 atom stereocenters. The molecule has 0 aliphatic heterocycles. The number of aromatic nitrogens is 2. The van der Waals surface area contributed by atoms with Gasteiger partial charge in [0.15, 0.2) is 0 Å². The Hall–Kier alpha value is -2.37. The van der Waals surface area contributed by atoms with Gasteiger partial charge in [-0.2, -0.15) is 0 Å². The van der Waals surface area contributed by atoms with Crippen molar-refractivity contribution in [1.29, 1.82) is 0 Å². The monoisotopic (exact) mass is 436 g/mol. The minimum absolute atomic E-state index is 0.0402. The van der Waals surface area contributed by atoms with Crippen LogP contribution < -0.4 is 10.6 Å². The van der Waals surface area contributed by atoms with E-state index in [1.807, 2.05) is 24.3 Å². The van der Waals surface area contributed by atoms with Crippen molar-refractivity contribution in [2.75, 3.05) is 6.54 Å². The van der Waals surface area contributed by atoms with E-state index in [0.717, 1.165) is 60.3 Å². The largest absolute Gasteiger partial charge is 0.355 e. The number of carbonyl (C=O) groups is 2. The summed E-state index contributed by atoms with van der Waals surface area (Å²) in [7, 11) is 0. The average Bonchev–Trinajstić information content (AvgIpc) is 3.20. The molecule has 2 aromatic rings. The maximum atomic E-state index is 13.1. The third kappa shape index (κ3) is 4.04. The van der Waals surface area contributed by atoms with Gasteiger partial charge < -0.3 is 15.6 Å². The smallest absolute Gasteiger partial charge is 0.226 e. The number of rotatable bonds is 8. The van der Waals surface area contributed by atoms with Crippen LogP contribution in [0, 0.1) is 29.1 Å². The first kappa shape index (κ1) is 21.5. The fourth-order valence-corrected chi connectivity index (χ4v) is 6.95. The van der Waals surface area contributed by atoms with Crippen LogP contribution in [0.3, 0.4) is 0 Å². The van der Waals surface area contributed by atoms with E-state index in [4.69, 9.17) is 4.98 Å². The van der Waals surface area contributed by atoms with Crippen LogP contribution in [-0.4, -0.2) is 28.3 Å². The molecule has 6 heteroatoms. The fraction of sp³-hybridized carbons (Fsp3) is 0.654. The molecule has 172 valence electrons. The fourth-order valence-electron chi connectivity index (χ4n) is 6.95. The number of hydrogen-bond acceptors (Lipinski definition) is 3. The molecule has 4 bridgehead atoms. The van der Waals surface area contributed by atoms with Gasteiger partial charge in [0.25, 0.3) is 0 Å². The lowest BCUT2D eigenvalue weighted by molar-refractivity contribution is -0.146. The van der Waals surface area contributed by atoms with E-state index in [0.29, 0.717) is 13.0 Å². The Labute approximate surface area is 190 Å². The third-order valence-corrected chi connectivity index (χ3v) is 8.39. The number of nitrogens with one attached hydrogen (secondary N) is 3. The topological polar surface area (TPSA) is 86.9 Å². The highest BCUT2D eigenvalue weighted by atomic mass is 16.2. The molecular formula is C26H36N4O2. The SMILES string of the molecule is CC[C@H](C)[C@H](NC(=O)CCNC(=O)C12CC3CC(CC(C3)C1)C2)c1nc2ccccc2[nH]1. The standard InChI is InChI=1S/C26H36N4O2/c1-3-16(2)23(24-28-20-6-4-5-7-21(20)29-24)30-22(31)8-9-27-25(32)26-13-17-10-18(14-26)12-19(11-17)15-26/h4-7,16-19,23H,3,8-15H2,1-2H3,(H,27,32)(H,28,29)(H,30,31)/t16-,17?,18?,19?,23-,26?/m0/s1. The first-order valence-electron chi connectivity index (χ1n) is 12.5. The second-order valence-corrected chi connectivity index (χ2v) is 10.8. The van der Waals surface area contributed by atoms with Gasteiger partial charge in [0.05, 0.1) is 17.1 Å². The number of imidazole rings is 1. The van der Waals surface area contributed by atoms with Gasteiger partial charge in [-0.3, -0.25) is 9.59 Å². The van der Waals surface area contributed by atoms with Crippen LogP contribution in [0.4, 0.5) is 0 Å². The Morgan fingerprint density at radius 2 is 1.78 bits per heavy atom. The second kappa shape index (κ2) is 8.53. The van der Waals surface area contributed by atoms with Gasteiger partial charge >= 0.3 is 0 Å². The van der Waals surface area contributed by atoms with Crippen molar-refractivity contribution < 1.29 is 9.59 Å².